The number of hydrogen-bond acceptors (Lipinski definition) is 2. The van der Waals surface area contributed by atoms with Gasteiger partial charge in [-0.3, -0.25) is 4.79 Å². The molecule has 0 fully saturated rings. The molecule has 3 nitrogen and oxygen atoms in total. The van der Waals surface area contributed by atoms with Crippen molar-refractivity contribution >= 4 is 5.91 Å². The van der Waals surface area contributed by atoms with Crippen LogP contribution < -0.4 is 4.74 Å². The number of likely N-dealkylation sites (N-methyl/N-ethyl adjacent to an activating group) is 1. The molecule has 3 rings (SSSR count). The van der Waals surface area contributed by atoms with Gasteiger partial charge in [0.15, 0.2) is 0 Å². The number of halogens is 1. The van der Waals surface area contributed by atoms with Gasteiger partial charge in [0.05, 0.1) is 12.5 Å². The van der Waals surface area contributed by atoms with Crippen LogP contribution in [0.1, 0.15) is 17.0 Å². The summed E-state index contributed by atoms with van der Waals surface area (Å²) >= 11 is 0. The van der Waals surface area contributed by atoms with Gasteiger partial charge in [-0.05, 0) is 35.4 Å². The van der Waals surface area contributed by atoms with E-state index in [1.165, 1.54) is 12.1 Å². The average molecular weight is 363 g/mol. The first-order valence-electron chi connectivity index (χ1n) is 8.88. The third-order valence-electron chi connectivity index (χ3n) is 4.40. The zero-order valence-electron chi connectivity index (χ0n) is 15.2. The number of benzene rings is 3. The van der Waals surface area contributed by atoms with Crippen molar-refractivity contribution in [1.29, 1.82) is 0 Å². The van der Waals surface area contributed by atoms with E-state index in [-0.39, 0.29) is 17.6 Å². The largest absolute Gasteiger partial charge is 0.492 e. The van der Waals surface area contributed by atoms with Gasteiger partial charge in [0.25, 0.3) is 0 Å². The number of carbonyl (C=O) groups excluding carboxylic acids is 1. The lowest BCUT2D eigenvalue weighted by Gasteiger charge is -2.24. The number of hydrogen-bond donors (Lipinski definition) is 0. The van der Waals surface area contributed by atoms with E-state index < -0.39 is 0 Å². The van der Waals surface area contributed by atoms with E-state index in [0.29, 0.717) is 18.9 Å². The van der Waals surface area contributed by atoms with E-state index in [4.69, 9.17) is 4.74 Å². The maximum absolute atomic E-state index is 13.2. The van der Waals surface area contributed by atoms with Crippen molar-refractivity contribution < 1.29 is 13.9 Å². The van der Waals surface area contributed by atoms with Crippen molar-refractivity contribution in [3.63, 3.8) is 0 Å². The first kappa shape index (κ1) is 18.6. The fraction of sp³-hybridized carbons (Fsp3) is 0.174. The minimum absolute atomic E-state index is 0.00936. The highest BCUT2D eigenvalue weighted by atomic mass is 19.1. The van der Waals surface area contributed by atoms with Gasteiger partial charge in [0.1, 0.15) is 18.2 Å². The molecule has 0 atom stereocenters. The Hall–Kier alpha value is -3.14. The number of rotatable bonds is 7. The topological polar surface area (TPSA) is 29.5 Å². The molecule has 27 heavy (non-hydrogen) atoms. The molecular formula is C23H22FNO2. The maximum atomic E-state index is 13.2. The highest BCUT2D eigenvalue weighted by molar-refractivity contribution is 5.87. The molecule has 0 N–H and O–H groups in total. The second kappa shape index (κ2) is 8.99. The summed E-state index contributed by atoms with van der Waals surface area (Å²) in [6.45, 7) is 0.774. The Kier molecular flexibility index (Phi) is 6.21. The Morgan fingerprint density at radius 3 is 1.93 bits per heavy atom. The Bertz CT molecular complexity index is 811. The number of carbonyl (C=O) groups is 1. The van der Waals surface area contributed by atoms with Crippen LogP contribution in [0.5, 0.6) is 5.75 Å². The zero-order valence-corrected chi connectivity index (χ0v) is 15.2. The van der Waals surface area contributed by atoms with Crippen LogP contribution in [0.25, 0.3) is 0 Å². The predicted molar refractivity (Wildman–Crippen MR) is 104 cm³/mol. The van der Waals surface area contributed by atoms with Crippen molar-refractivity contribution in [3.8, 4) is 5.75 Å². The molecule has 0 radical (unpaired) electrons. The minimum atomic E-state index is -0.358. The summed E-state index contributed by atoms with van der Waals surface area (Å²) in [4.78, 5) is 14.8. The molecule has 0 unspecified atom stereocenters. The summed E-state index contributed by atoms with van der Waals surface area (Å²) in [5, 5.41) is 0. The molecule has 0 aromatic heterocycles. The Balaban J connectivity index is 1.69. The van der Waals surface area contributed by atoms with Crippen LogP contribution in [0.3, 0.4) is 0 Å². The first-order chi connectivity index (χ1) is 13.1. The molecule has 0 aliphatic carbocycles. The Morgan fingerprint density at radius 2 is 1.41 bits per heavy atom. The summed E-state index contributed by atoms with van der Waals surface area (Å²) in [6, 6.07) is 25.4. The molecule has 4 heteroatoms. The van der Waals surface area contributed by atoms with Crippen LogP contribution in [-0.4, -0.2) is 31.0 Å². The standard InChI is InChI=1S/C23H22FNO2/c1-25(16-17-27-21-14-12-20(24)13-15-21)23(26)22(18-8-4-2-5-9-18)19-10-6-3-7-11-19/h2-15,22H,16-17H2,1H3. The van der Waals surface area contributed by atoms with Crippen molar-refractivity contribution in [2.24, 2.45) is 0 Å². The second-order valence-electron chi connectivity index (χ2n) is 6.32. The molecule has 3 aromatic carbocycles. The van der Waals surface area contributed by atoms with E-state index in [0.717, 1.165) is 11.1 Å². The molecule has 3 aromatic rings. The molecular weight excluding hydrogens is 341 g/mol. The van der Waals surface area contributed by atoms with Crippen LogP contribution in [0.2, 0.25) is 0 Å². The minimum Gasteiger partial charge on any atom is -0.492 e. The lowest BCUT2D eigenvalue weighted by Crippen LogP contribution is -2.35. The van der Waals surface area contributed by atoms with Gasteiger partial charge < -0.3 is 9.64 Å². The van der Waals surface area contributed by atoms with E-state index in [1.807, 2.05) is 60.7 Å². The summed E-state index contributed by atoms with van der Waals surface area (Å²) in [6.07, 6.45) is 0. The SMILES string of the molecule is CN(CCOc1ccc(F)cc1)C(=O)C(c1ccccc1)c1ccccc1. The number of amides is 1. The third kappa shape index (κ3) is 4.94. The van der Waals surface area contributed by atoms with Crippen molar-refractivity contribution in [3.05, 3.63) is 102 Å². The molecule has 0 heterocycles. The van der Waals surface area contributed by atoms with Gasteiger partial charge in [-0.2, -0.15) is 0 Å². The molecule has 0 bridgehead atoms. The van der Waals surface area contributed by atoms with Crippen LogP contribution in [0, 0.1) is 5.82 Å². The summed E-state index contributed by atoms with van der Waals surface area (Å²) in [7, 11) is 1.77. The summed E-state index contributed by atoms with van der Waals surface area (Å²) < 4.78 is 18.6. The Labute approximate surface area is 159 Å². The van der Waals surface area contributed by atoms with Gasteiger partial charge in [-0.1, -0.05) is 60.7 Å². The first-order valence-corrected chi connectivity index (χ1v) is 8.88. The van der Waals surface area contributed by atoms with E-state index in [2.05, 4.69) is 0 Å². The van der Waals surface area contributed by atoms with E-state index >= 15 is 0 Å². The van der Waals surface area contributed by atoms with Gasteiger partial charge in [0, 0.05) is 7.05 Å². The lowest BCUT2D eigenvalue weighted by atomic mass is 9.90. The third-order valence-corrected chi connectivity index (χ3v) is 4.40. The summed E-state index contributed by atoms with van der Waals surface area (Å²) in [5.74, 6) is -0.0681. The predicted octanol–water partition coefficient (Wildman–Crippen LogP) is 4.50. The maximum Gasteiger partial charge on any atom is 0.234 e. The van der Waals surface area contributed by atoms with Crippen molar-refractivity contribution in [2.75, 3.05) is 20.2 Å². The fourth-order valence-electron chi connectivity index (χ4n) is 2.93. The quantitative estimate of drug-likeness (QED) is 0.619. The van der Waals surface area contributed by atoms with Gasteiger partial charge in [0.2, 0.25) is 5.91 Å². The lowest BCUT2D eigenvalue weighted by molar-refractivity contribution is -0.130. The highest BCUT2D eigenvalue weighted by Gasteiger charge is 2.25. The summed E-state index contributed by atoms with van der Waals surface area (Å²) in [5.41, 5.74) is 1.92. The highest BCUT2D eigenvalue weighted by Crippen LogP contribution is 2.26. The molecule has 0 saturated carbocycles. The molecule has 1 amide bonds. The van der Waals surface area contributed by atoms with E-state index in [9.17, 15) is 9.18 Å². The van der Waals surface area contributed by atoms with Crippen molar-refractivity contribution in [1.82, 2.24) is 4.90 Å². The molecule has 138 valence electrons. The number of nitrogens with zero attached hydrogens (tertiary/aromatic N) is 1. The van der Waals surface area contributed by atoms with Crippen LogP contribution >= 0.6 is 0 Å². The monoisotopic (exact) mass is 363 g/mol. The number of ether oxygens (including phenoxy) is 1. The molecule has 0 aliphatic rings. The molecule has 0 aliphatic heterocycles. The van der Waals surface area contributed by atoms with Crippen LogP contribution in [-0.2, 0) is 4.79 Å². The van der Waals surface area contributed by atoms with Gasteiger partial charge in [-0.15, -0.1) is 0 Å². The molecule has 0 saturated heterocycles. The van der Waals surface area contributed by atoms with Gasteiger partial charge >= 0.3 is 0 Å². The Morgan fingerprint density at radius 1 is 0.889 bits per heavy atom. The van der Waals surface area contributed by atoms with Crippen LogP contribution in [0.4, 0.5) is 4.39 Å². The van der Waals surface area contributed by atoms with E-state index in [1.54, 1.807) is 24.1 Å². The van der Waals surface area contributed by atoms with Gasteiger partial charge in [-0.25, -0.2) is 4.39 Å². The second-order valence-corrected chi connectivity index (χ2v) is 6.32. The smallest absolute Gasteiger partial charge is 0.234 e. The van der Waals surface area contributed by atoms with Crippen molar-refractivity contribution in [2.45, 2.75) is 5.92 Å². The van der Waals surface area contributed by atoms with Crippen LogP contribution in [0.15, 0.2) is 84.9 Å². The normalized spacial score (nSPS) is 10.6. The zero-order chi connectivity index (χ0) is 19.1. The fourth-order valence-corrected chi connectivity index (χ4v) is 2.93. The molecule has 0 spiro atoms. The average Bonchev–Trinajstić information content (AvgIpc) is 2.71.